The minimum absolute atomic E-state index is 0.0296. The van der Waals surface area contributed by atoms with Crippen LogP contribution in [0.15, 0.2) is 96.2 Å². The molecule has 2 aromatic heterocycles. The predicted octanol–water partition coefficient (Wildman–Crippen LogP) is 3.76. The molecule has 3 amide bonds. The first-order valence-corrected chi connectivity index (χ1v) is 15.0. The number of halogens is 2. The Kier molecular flexibility index (Phi) is 11.8. The molecule has 0 aliphatic carbocycles. The van der Waals surface area contributed by atoms with Crippen molar-refractivity contribution in [3.05, 3.63) is 113 Å². The van der Waals surface area contributed by atoms with E-state index in [0.717, 1.165) is 16.3 Å². The highest BCUT2D eigenvalue weighted by atomic mass is 19.3. The lowest BCUT2D eigenvalue weighted by Gasteiger charge is -2.25. The van der Waals surface area contributed by atoms with Gasteiger partial charge in [-0.3, -0.25) is 34.0 Å². The van der Waals surface area contributed by atoms with Gasteiger partial charge in [-0.25, -0.2) is 9.78 Å². The summed E-state index contributed by atoms with van der Waals surface area (Å²) in [5, 5.41) is 6.66. The van der Waals surface area contributed by atoms with Crippen LogP contribution in [-0.2, 0) is 38.7 Å². The van der Waals surface area contributed by atoms with Gasteiger partial charge in [-0.2, -0.15) is 8.78 Å². The predicted molar refractivity (Wildman–Crippen MR) is 172 cm³/mol. The molecule has 14 heteroatoms. The van der Waals surface area contributed by atoms with Gasteiger partial charge in [0.2, 0.25) is 11.7 Å². The normalized spacial score (nSPS) is 11.8. The molecule has 12 nitrogen and oxygen atoms in total. The van der Waals surface area contributed by atoms with Crippen LogP contribution in [0, 0.1) is 5.92 Å². The highest BCUT2D eigenvalue weighted by molar-refractivity contribution is 6.10. The number of hydrogen-bond donors (Lipinski definition) is 3. The third-order valence-corrected chi connectivity index (χ3v) is 7.14. The fraction of sp³-hybridized carbons (Fsp3) is 0.265. The molecule has 2 heterocycles. The van der Waals surface area contributed by atoms with Gasteiger partial charge in [0.15, 0.2) is 0 Å². The topological polar surface area (TPSA) is 161 Å². The Labute approximate surface area is 274 Å². The number of amides is 3. The van der Waals surface area contributed by atoms with Crippen molar-refractivity contribution in [3.63, 3.8) is 0 Å². The van der Waals surface area contributed by atoms with Crippen molar-refractivity contribution in [2.24, 2.45) is 5.92 Å². The molecule has 0 saturated carbocycles. The van der Waals surface area contributed by atoms with Crippen molar-refractivity contribution in [2.45, 2.75) is 45.4 Å². The number of hydrogen-bond acceptors (Lipinski definition) is 8. The van der Waals surface area contributed by atoms with Crippen LogP contribution in [0.2, 0.25) is 0 Å². The second kappa shape index (κ2) is 16.2. The van der Waals surface area contributed by atoms with Crippen molar-refractivity contribution in [1.29, 1.82) is 0 Å². The van der Waals surface area contributed by atoms with Gasteiger partial charge in [0, 0.05) is 24.5 Å². The molecule has 0 radical (unpaired) electrons. The van der Waals surface area contributed by atoms with Crippen LogP contribution in [0.3, 0.4) is 0 Å². The van der Waals surface area contributed by atoms with Gasteiger partial charge in [-0.15, -0.1) is 0 Å². The summed E-state index contributed by atoms with van der Waals surface area (Å²) in [7, 11) is 0. The van der Waals surface area contributed by atoms with Crippen LogP contribution in [-0.4, -0.2) is 56.7 Å². The van der Waals surface area contributed by atoms with E-state index in [1.54, 1.807) is 72.8 Å². The average Bonchev–Trinajstić information content (AvgIpc) is 3.09. The maximum Gasteiger partial charge on any atom is 0.412 e. The van der Waals surface area contributed by atoms with Gasteiger partial charge in [-0.1, -0.05) is 74.5 Å². The second-order valence-corrected chi connectivity index (χ2v) is 11.0. The Morgan fingerprint density at radius 2 is 1.56 bits per heavy atom. The highest BCUT2D eigenvalue weighted by Crippen LogP contribution is 2.21. The molecule has 0 spiro atoms. The molecule has 4 rings (SSSR count). The lowest BCUT2D eigenvalue weighted by atomic mass is 9.95. The molecule has 0 bridgehead atoms. The number of alkyl halides is 2. The summed E-state index contributed by atoms with van der Waals surface area (Å²) in [5.41, 5.74) is 0.717. The monoisotopic (exact) mass is 660 g/mol. The Hall–Kier alpha value is -5.79. The van der Waals surface area contributed by atoms with E-state index in [1.807, 2.05) is 0 Å². The number of rotatable bonds is 14. The van der Waals surface area contributed by atoms with E-state index in [9.17, 15) is 24.0 Å². The second-order valence-electron chi connectivity index (χ2n) is 11.0. The van der Waals surface area contributed by atoms with Gasteiger partial charge >= 0.3 is 12.0 Å². The summed E-state index contributed by atoms with van der Waals surface area (Å²) in [5.74, 6) is -9.85. The van der Waals surface area contributed by atoms with Crippen molar-refractivity contribution >= 4 is 29.4 Å². The first-order chi connectivity index (χ1) is 23.0. The molecule has 1 atom stereocenters. The lowest BCUT2D eigenvalue weighted by molar-refractivity contribution is -0.161. The van der Waals surface area contributed by atoms with Crippen LogP contribution in [0.5, 0.6) is 0 Å². The van der Waals surface area contributed by atoms with Crippen molar-refractivity contribution in [1.82, 2.24) is 25.2 Å². The largest absolute Gasteiger partial charge is 0.444 e. The molecule has 0 aliphatic rings. The molecule has 250 valence electrons. The van der Waals surface area contributed by atoms with Gasteiger partial charge in [0.05, 0.1) is 12.2 Å². The van der Waals surface area contributed by atoms with Gasteiger partial charge < -0.3 is 15.4 Å². The number of benzene rings is 2. The Bertz CT molecular complexity index is 1790. The van der Waals surface area contributed by atoms with E-state index < -0.39 is 53.7 Å². The van der Waals surface area contributed by atoms with Crippen LogP contribution in [0.4, 0.5) is 19.3 Å². The first kappa shape index (κ1) is 35.1. The number of ether oxygens (including phenoxy) is 1. The van der Waals surface area contributed by atoms with Gasteiger partial charge in [-0.05, 0) is 35.6 Å². The van der Waals surface area contributed by atoms with Crippen LogP contribution < -0.4 is 21.5 Å². The van der Waals surface area contributed by atoms with Gasteiger partial charge in [0.25, 0.3) is 11.5 Å². The molecule has 2 aromatic carbocycles. The van der Waals surface area contributed by atoms with E-state index >= 15 is 8.78 Å². The molecule has 3 N–H and O–H groups in total. The van der Waals surface area contributed by atoms with E-state index in [4.69, 9.17) is 4.74 Å². The molecule has 0 fully saturated rings. The third-order valence-electron chi connectivity index (χ3n) is 7.14. The maximum atomic E-state index is 15.1. The Balaban J connectivity index is 1.49. The summed E-state index contributed by atoms with van der Waals surface area (Å²) in [4.78, 5) is 72.8. The number of aromatic nitrogens is 3. The SMILES string of the molecule is CC(C)C(NC(=O)Cn1c(-c2ccccc2)ncc(NC(=O)OCc2ccncc2)c1=O)C(=O)C(F)(F)C(=O)NCCc1ccccc1. The van der Waals surface area contributed by atoms with Crippen LogP contribution in [0.1, 0.15) is 25.0 Å². The number of nitrogens with zero attached hydrogens (tertiary/aromatic N) is 3. The number of carbonyl (C=O) groups excluding carboxylic acids is 4. The zero-order valence-electron chi connectivity index (χ0n) is 26.2. The van der Waals surface area contributed by atoms with Gasteiger partial charge in [0.1, 0.15) is 24.7 Å². The zero-order chi connectivity index (χ0) is 34.7. The quantitative estimate of drug-likeness (QED) is 0.172. The lowest BCUT2D eigenvalue weighted by Crippen LogP contribution is -2.57. The molecule has 1 unspecified atom stereocenters. The number of anilines is 1. The number of pyridine rings is 1. The fourth-order valence-electron chi connectivity index (χ4n) is 4.60. The fourth-order valence-corrected chi connectivity index (χ4v) is 4.60. The molecule has 0 aliphatic heterocycles. The summed E-state index contributed by atoms with van der Waals surface area (Å²) < 4.78 is 36.3. The Morgan fingerprint density at radius 3 is 2.21 bits per heavy atom. The van der Waals surface area contributed by atoms with E-state index in [2.05, 4.69) is 25.9 Å². The van der Waals surface area contributed by atoms with E-state index in [1.165, 1.54) is 26.2 Å². The summed E-state index contributed by atoms with van der Waals surface area (Å²) in [6.07, 6.45) is 3.44. The van der Waals surface area contributed by atoms with E-state index in [0.29, 0.717) is 11.1 Å². The molecular weight excluding hydrogens is 626 g/mol. The van der Waals surface area contributed by atoms with Crippen molar-refractivity contribution < 1.29 is 32.7 Å². The van der Waals surface area contributed by atoms with Crippen LogP contribution in [0.25, 0.3) is 11.4 Å². The number of Topliss-reactive ketones (excluding diaryl/α,β-unsaturated/α-hetero) is 1. The van der Waals surface area contributed by atoms with Crippen LogP contribution >= 0.6 is 0 Å². The zero-order valence-corrected chi connectivity index (χ0v) is 26.2. The minimum atomic E-state index is -4.45. The first-order valence-electron chi connectivity index (χ1n) is 15.0. The standard InChI is InChI=1S/C34H34F2N6O6/c1-22(2)28(29(44)34(35,36)32(46)38-18-15-23-9-5-3-6-10-23)41-27(43)20-42-30(25-11-7-4-8-12-25)39-19-26(31(42)45)40-33(47)48-21-24-13-16-37-17-14-24/h3-14,16-17,19,22,28H,15,18,20-21H2,1-2H3,(H,38,46)(H,40,47)(H,41,43). The molecule has 48 heavy (non-hydrogen) atoms. The maximum absolute atomic E-state index is 15.1. The number of nitrogens with one attached hydrogen (secondary N) is 3. The average molecular weight is 661 g/mol. The van der Waals surface area contributed by atoms with E-state index in [-0.39, 0.29) is 31.1 Å². The van der Waals surface area contributed by atoms with Crippen molar-refractivity contribution in [3.8, 4) is 11.4 Å². The highest BCUT2D eigenvalue weighted by Gasteiger charge is 2.51. The Morgan fingerprint density at radius 1 is 0.917 bits per heavy atom. The summed E-state index contributed by atoms with van der Waals surface area (Å²) >= 11 is 0. The smallest absolute Gasteiger partial charge is 0.412 e. The molecule has 4 aromatic rings. The number of carbonyl (C=O) groups is 4. The summed E-state index contributed by atoms with van der Waals surface area (Å²) in [6, 6.07) is 18.7. The number of ketones is 1. The molecule has 0 saturated heterocycles. The molecular formula is C34H34F2N6O6. The minimum Gasteiger partial charge on any atom is -0.444 e. The van der Waals surface area contributed by atoms with Crippen molar-refractivity contribution in [2.75, 3.05) is 11.9 Å². The summed E-state index contributed by atoms with van der Waals surface area (Å²) in [6.45, 7) is 1.85. The third kappa shape index (κ3) is 9.15.